The lowest BCUT2D eigenvalue weighted by molar-refractivity contribution is -0.148. The first-order valence-corrected chi connectivity index (χ1v) is 11.1. The molecule has 4 rings (SSSR count). The molecule has 1 fully saturated rings. The summed E-state index contributed by atoms with van der Waals surface area (Å²) in [6.07, 6.45) is 1.05. The molecule has 8 heteroatoms. The lowest BCUT2D eigenvalue weighted by atomic mass is 9.98. The van der Waals surface area contributed by atoms with Gasteiger partial charge in [-0.3, -0.25) is 4.79 Å². The third-order valence-corrected chi connectivity index (χ3v) is 6.45. The van der Waals surface area contributed by atoms with E-state index >= 15 is 0 Å². The van der Waals surface area contributed by atoms with Crippen molar-refractivity contribution in [1.29, 1.82) is 0 Å². The molecule has 0 aromatic heterocycles. The highest BCUT2D eigenvalue weighted by Gasteiger charge is 2.38. The molecule has 174 valence electrons. The Morgan fingerprint density at radius 3 is 2.15 bits per heavy atom. The van der Waals surface area contributed by atoms with Crippen molar-refractivity contribution in [2.24, 2.45) is 5.92 Å². The van der Waals surface area contributed by atoms with E-state index in [-0.39, 0.29) is 24.9 Å². The SMILES string of the molecule is CC(CO)(NC(=O)CC(NC(=O)OCC1c2ccccc2-c2ccccc21)C1CC1)C(=O)O. The lowest BCUT2D eigenvalue weighted by Crippen LogP contribution is -2.56. The first kappa shape index (κ1) is 22.8. The minimum absolute atomic E-state index is 0.0633. The van der Waals surface area contributed by atoms with Crippen LogP contribution < -0.4 is 10.6 Å². The van der Waals surface area contributed by atoms with Crippen LogP contribution in [0.2, 0.25) is 0 Å². The van der Waals surface area contributed by atoms with Crippen molar-refractivity contribution in [3.63, 3.8) is 0 Å². The van der Waals surface area contributed by atoms with Crippen LogP contribution in [0.15, 0.2) is 48.5 Å². The number of carboxylic acid groups (broad SMARTS) is 1. The fraction of sp³-hybridized carbons (Fsp3) is 0.400. The largest absolute Gasteiger partial charge is 0.479 e. The average molecular weight is 453 g/mol. The Balaban J connectivity index is 1.37. The number of amides is 2. The van der Waals surface area contributed by atoms with Gasteiger partial charge in [-0.15, -0.1) is 0 Å². The summed E-state index contributed by atoms with van der Waals surface area (Å²) < 4.78 is 5.57. The predicted molar refractivity (Wildman–Crippen MR) is 121 cm³/mol. The molecule has 0 bridgehead atoms. The summed E-state index contributed by atoms with van der Waals surface area (Å²) in [5.74, 6) is -1.80. The summed E-state index contributed by atoms with van der Waals surface area (Å²) in [5, 5.41) is 23.7. The van der Waals surface area contributed by atoms with Crippen molar-refractivity contribution in [2.75, 3.05) is 13.2 Å². The van der Waals surface area contributed by atoms with Gasteiger partial charge in [-0.1, -0.05) is 48.5 Å². The Kier molecular flexibility index (Phi) is 6.37. The van der Waals surface area contributed by atoms with Crippen LogP contribution in [0.4, 0.5) is 4.79 Å². The van der Waals surface area contributed by atoms with E-state index in [9.17, 15) is 24.6 Å². The van der Waals surface area contributed by atoms with Gasteiger partial charge in [-0.2, -0.15) is 0 Å². The average Bonchev–Trinajstić information content (AvgIpc) is 3.60. The molecule has 8 nitrogen and oxygen atoms in total. The summed E-state index contributed by atoms with van der Waals surface area (Å²) in [6, 6.07) is 15.7. The van der Waals surface area contributed by atoms with Gasteiger partial charge in [0.25, 0.3) is 0 Å². The van der Waals surface area contributed by atoms with Gasteiger partial charge in [0, 0.05) is 18.4 Å². The maximum Gasteiger partial charge on any atom is 0.407 e. The number of alkyl carbamates (subject to hydrolysis) is 1. The van der Waals surface area contributed by atoms with Gasteiger partial charge in [-0.05, 0) is 47.9 Å². The summed E-state index contributed by atoms with van der Waals surface area (Å²) in [7, 11) is 0. The van der Waals surface area contributed by atoms with Gasteiger partial charge >= 0.3 is 12.1 Å². The Bertz CT molecular complexity index is 1020. The molecule has 2 atom stereocenters. The third-order valence-electron chi connectivity index (χ3n) is 6.45. The van der Waals surface area contributed by atoms with Crippen molar-refractivity contribution >= 4 is 18.0 Å². The molecular formula is C25H28N2O6. The van der Waals surface area contributed by atoms with Gasteiger partial charge < -0.3 is 25.6 Å². The smallest absolute Gasteiger partial charge is 0.407 e. The second kappa shape index (κ2) is 9.23. The van der Waals surface area contributed by atoms with Crippen LogP contribution in [-0.2, 0) is 14.3 Å². The Hall–Kier alpha value is -3.39. The van der Waals surface area contributed by atoms with Crippen molar-refractivity contribution < 1.29 is 29.3 Å². The maximum atomic E-state index is 12.6. The van der Waals surface area contributed by atoms with Gasteiger partial charge in [0.05, 0.1) is 6.61 Å². The van der Waals surface area contributed by atoms with Crippen molar-refractivity contribution in [1.82, 2.24) is 10.6 Å². The van der Waals surface area contributed by atoms with Crippen molar-refractivity contribution in [3.8, 4) is 11.1 Å². The Morgan fingerprint density at radius 1 is 1.06 bits per heavy atom. The van der Waals surface area contributed by atoms with Crippen LogP contribution in [0, 0.1) is 5.92 Å². The zero-order chi connectivity index (χ0) is 23.6. The van der Waals surface area contributed by atoms with Gasteiger partial charge in [0.2, 0.25) is 5.91 Å². The second-order valence-electron chi connectivity index (χ2n) is 8.96. The standard InChI is InChI=1S/C25H28N2O6/c1-25(14-28,23(30)31)27-22(29)12-21(15-10-11-15)26-24(32)33-13-20-18-8-4-2-6-16(18)17-7-3-5-9-19(17)20/h2-9,15,20-21,28H,10-14H2,1H3,(H,26,32)(H,27,29)(H,30,31). The van der Waals surface area contributed by atoms with E-state index in [0.29, 0.717) is 0 Å². The summed E-state index contributed by atoms with van der Waals surface area (Å²) >= 11 is 0. The highest BCUT2D eigenvalue weighted by molar-refractivity contribution is 5.87. The lowest BCUT2D eigenvalue weighted by Gasteiger charge is -2.25. The van der Waals surface area contributed by atoms with E-state index in [1.165, 1.54) is 6.92 Å². The zero-order valence-electron chi connectivity index (χ0n) is 18.4. The fourth-order valence-electron chi connectivity index (χ4n) is 4.34. The van der Waals surface area contributed by atoms with Crippen LogP contribution in [0.5, 0.6) is 0 Å². The second-order valence-corrected chi connectivity index (χ2v) is 8.96. The van der Waals surface area contributed by atoms with Gasteiger partial charge in [-0.25, -0.2) is 9.59 Å². The first-order chi connectivity index (χ1) is 15.8. The topological polar surface area (TPSA) is 125 Å². The molecule has 2 amide bonds. The molecule has 0 heterocycles. The molecule has 0 radical (unpaired) electrons. The van der Waals surface area contributed by atoms with E-state index in [0.717, 1.165) is 35.1 Å². The summed E-state index contributed by atoms with van der Waals surface area (Å²) in [4.78, 5) is 36.3. The summed E-state index contributed by atoms with van der Waals surface area (Å²) in [5.41, 5.74) is 2.73. The zero-order valence-corrected chi connectivity index (χ0v) is 18.4. The number of benzene rings is 2. The van der Waals surface area contributed by atoms with E-state index < -0.39 is 36.2 Å². The first-order valence-electron chi connectivity index (χ1n) is 11.1. The Morgan fingerprint density at radius 2 is 1.64 bits per heavy atom. The molecule has 2 aliphatic carbocycles. The molecule has 0 aliphatic heterocycles. The summed E-state index contributed by atoms with van der Waals surface area (Å²) in [6.45, 7) is 0.672. The highest BCUT2D eigenvalue weighted by Crippen LogP contribution is 2.44. The normalized spacial score (nSPS) is 17.3. The number of fused-ring (bicyclic) bond motifs is 3. The van der Waals surface area contributed by atoms with Crippen molar-refractivity contribution in [3.05, 3.63) is 59.7 Å². The molecule has 2 aromatic rings. The van der Waals surface area contributed by atoms with Crippen LogP contribution in [0.25, 0.3) is 11.1 Å². The minimum Gasteiger partial charge on any atom is -0.479 e. The molecule has 0 spiro atoms. The molecule has 4 N–H and O–H groups in total. The third kappa shape index (κ3) is 4.85. The molecule has 1 saturated carbocycles. The van der Waals surface area contributed by atoms with Crippen LogP contribution in [0.1, 0.15) is 43.2 Å². The van der Waals surface area contributed by atoms with Gasteiger partial charge in [0.15, 0.2) is 5.54 Å². The molecule has 2 aromatic carbocycles. The molecule has 33 heavy (non-hydrogen) atoms. The quantitative estimate of drug-likeness (QED) is 0.464. The number of ether oxygens (including phenoxy) is 1. The number of aliphatic hydroxyl groups excluding tert-OH is 1. The van der Waals surface area contributed by atoms with Crippen LogP contribution in [0.3, 0.4) is 0 Å². The predicted octanol–water partition coefficient (Wildman–Crippen LogP) is 2.65. The minimum atomic E-state index is -1.77. The molecule has 2 aliphatic rings. The molecular weight excluding hydrogens is 424 g/mol. The Labute approximate surface area is 192 Å². The van der Waals surface area contributed by atoms with E-state index in [1.807, 2.05) is 36.4 Å². The van der Waals surface area contributed by atoms with E-state index in [4.69, 9.17) is 4.74 Å². The molecule has 2 unspecified atom stereocenters. The number of carbonyl (C=O) groups excluding carboxylic acids is 2. The van der Waals surface area contributed by atoms with Crippen LogP contribution >= 0.6 is 0 Å². The number of nitrogens with one attached hydrogen (secondary N) is 2. The number of rotatable bonds is 9. The number of aliphatic hydroxyl groups is 1. The number of aliphatic carboxylic acids is 1. The number of hydrogen-bond donors (Lipinski definition) is 4. The van der Waals surface area contributed by atoms with Crippen molar-refractivity contribution in [2.45, 2.75) is 43.7 Å². The monoisotopic (exact) mass is 452 g/mol. The van der Waals surface area contributed by atoms with E-state index in [2.05, 4.69) is 22.8 Å². The number of carboxylic acids is 1. The number of carbonyl (C=O) groups is 3. The number of hydrogen-bond acceptors (Lipinski definition) is 5. The fourth-order valence-corrected chi connectivity index (χ4v) is 4.34. The van der Waals surface area contributed by atoms with Gasteiger partial charge in [0.1, 0.15) is 6.61 Å². The molecule has 0 saturated heterocycles. The highest BCUT2D eigenvalue weighted by atomic mass is 16.5. The van der Waals surface area contributed by atoms with E-state index in [1.54, 1.807) is 0 Å². The maximum absolute atomic E-state index is 12.6. The van der Waals surface area contributed by atoms with Crippen LogP contribution in [-0.4, -0.2) is 53.0 Å².